The average molecular weight is 178 g/mol. The van der Waals surface area contributed by atoms with E-state index in [0.29, 0.717) is 0 Å². The number of pyridine rings is 1. The lowest BCUT2D eigenvalue weighted by molar-refractivity contribution is 0.473. The first-order valence-corrected chi connectivity index (χ1v) is 4.25. The summed E-state index contributed by atoms with van der Waals surface area (Å²) in [7, 11) is 0. The number of nitrogens with zero attached hydrogens (tertiary/aromatic N) is 1. The summed E-state index contributed by atoms with van der Waals surface area (Å²) in [6.07, 6.45) is 7.73. The lowest BCUT2D eigenvalue weighted by atomic mass is 10.2. The van der Waals surface area contributed by atoms with Crippen molar-refractivity contribution < 1.29 is 5.11 Å². The minimum atomic E-state index is 0.148. The Morgan fingerprint density at radius 1 is 1.69 bits per heavy atom. The van der Waals surface area contributed by atoms with Gasteiger partial charge in [0, 0.05) is 24.0 Å². The van der Waals surface area contributed by atoms with Gasteiger partial charge in [-0.15, -0.1) is 0 Å². The molecule has 1 atom stereocenters. The molecular formula is C10H14N2O. The number of aromatic hydroxyl groups is 1. The lowest BCUT2D eigenvalue weighted by Crippen LogP contribution is -2.12. The minimum absolute atomic E-state index is 0.148. The van der Waals surface area contributed by atoms with Crippen LogP contribution in [0, 0.1) is 0 Å². The van der Waals surface area contributed by atoms with Gasteiger partial charge in [-0.2, -0.15) is 0 Å². The topological polar surface area (TPSA) is 59.1 Å². The molecule has 70 valence electrons. The molecule has 3 nitrogen and oxygen atoms in total. The molecule has 1 aromatic heterocycles. The lowest BCUT2D eigenvalue weighted by Gasteiger charge is -1.99. The van der Waals surface area contributed by atoms with E-state index in [-0.39, 0.29) is 11.8 Å². The Hall–Kier alpha value is -1.35. The molecule has 1 aromatic rings. The maximum atomic E-state index is 9.35. The third kappa shape index (κ3) is 3.25. The summed E-state index contributed by atoms with van der Waals surface area (Å²) in [6, 6.07) is 1.71. The van der Waals surface area contributed by atoms with E-state index in [1.807, 2.05) is 19.1 Å². The fraction of sp³-hybridized carbons (Fsp3) is 0.300. The maximum absolute atomic E-state index is 9.35. The fourth-order valence-electron chi connectivity index (χ4n) is 0.937. The monoisotopic (exact) mass is 178 g/mol. The fourth-order valence-corrected chi connectivity index (χ4v) is 0.937. The van der Waals surface area contributed by atoms with Crippen LogP contribution in [0.5, 0.6) is 5.75 Å². The van der Waals surface area contributed by atoms with Gasteiger partial charge in [0.15, 0.2) is 0 Å². The third-order valence-electron chi connectivity index (χ3n) is 1.63. The molecule has 0 aliphatic heterocycles. The first-order chi connectivity index (χ1) is 6.20. The van der Waals surface area contributed by atoms with Gasteiger partial charge < -0.3 is 10.8 Å². The quantitative estimate of drug-likeness (QED) is 0.738. The summed E-state index contributed by atoms with van der Waals surface area (Å²) in [6.45, 7) is 1.94. The van der Waals surface area contributed by atoms with Crippen LogP contribution in [0.2, 0.25) is 0 Å². The second-order valence-electron chi connectivity index (χ2n) is 3.05. The molecule has 0 fully saturated rings. The van der Waals surface area contributed by atoms with Gasteiger partial charge in [-0.05, 0) is 19.4 Å². The van der Waals surface area contributed by atoms with Crippen LogP contribution in [-0.4, -0.2) is 16.1 Å². The predicted octanol–water partition coefficient (Wildman–Crippen LogP) is 1.54. The Morgan fingerprint density at radius 3 is 3.08 bits per heavy atom. The van der Waals surface area contributed by atoms with Crippen LogP contribution in [0.3, 0.4) is 0 Å². The van der Waals surface area contributed by atoms with Gasteiger partial charge in [-0.3, -0.25) is 4.98 Å². The SMILES string of the molecule is CC(N)CC=Cc1cnccc1O. The number of rotatable bonds is 3. The van der Waals surface area contributed by atoms with Crippen molar-refractivity contribution in [2.75, 3.05) is 0 Å². The van der Waals surface area contributed by atoms with E-state index in [2.05, 4.69) is 4.98 Å². The zero-order valence-corrected chi connectivity index (χ0v) is 7.64. The molecular weight excluding hydrogens is 164 g/mol. The van der Waals surface area contributed by atoms with Crippen molar-refractivity contribution in [3.05, 3.63) is 30.1 Å². The molecule has 3 N–H and O–H groups in total. The van der Waals surface area contributed by atoms with Crippen molar-refractivity contribution in [3.8, 4) is 5.75 Å². The maximum Gasteiger partial charge on any atom is 0.125 e. The van der Waals surface area contributed by atoms with Crippen LogP contribution >= 0.6 is 0 Å². The Bertz CT molecular complexity index is 295. The van der Waals surface area contributed by atoms with Gasteiger partial charge in [0.2, 0.25) is 0 Å². The van der Waals surface area contributed by atoms with E-state index in [1.165, 1.54) is 0 Å². The Morgan fingerprint density at radius 2 is 2.46 bits per heavy atom. The average Bonchev–Trinajstić information content (AvgIpc) is 2.08. The zero-order chi connectivity index (χ0) is 9.68. The van der Waals surface area contributed by atoms with E-state index in [1.54, 1.807) is 18.5 Å². The van der Waals surface area contributed by atoms with Crippen LogP contribution in [0.15, 0.2) is 24.5 Å². The van der Waals surface area contributed by atoms with Crippen molar-refractivity contribution in [3.63, 3.8) is 0 Å². The molecule has 1 heterocycles. The molecule has 0 saturated carbocycles. The zero-order valence-electron chi connectivity index (χ0n) is 7.64. The van der Waals surface area contributed by atoms with E-state index in [0.717, 1.165) is 12.0 Å². The highest BCUT2D eigenvalue weighted by molar-refractivity contribution is 5.55. The predicted molar refractivity (Wildman–Crippen MR) is 53.2 cm³/mol. The minimum Gasteiger partial charge on any atom is -0.507 e. The number of hydrogen-bond donors (Lipinski definition) is 2. The third-order valence-corrected chi connectivity index (χ3v) is 1.63. The molecule has 0 aliphatic rings. The number of aromatic nitrogens is 1. The van der Waals surface area contributed by atoms with Crippen LogP contribution in [0.4, 0.5) is 0 Å². The molecule has 0 amide bonds. The summed E-state index contributed by atoms with van der Waals surface area (Å²) in [4.78, 5) is 3.90. The summed E-state index contributed by atoms with van der Waals surface area (Å²) in [5.41, 5.74) is 6.29. The van der Waals surface area contributed by atoms with Crippen LogP contribution in [-0.2, 0) is 0 Å². The van der Waals surface area contributed by atoms with Gasteiger partial charge in [0.1, 0.15) is 5.75 Å². The van der Waals surface area contributed by atoms with Crippen molar-refractivity contribution >= 4 is 6.08 Å². The second-order valence-corrected chi connectivity index (χ2v) is 3.05. The van der Waals surface area contributed by atoms with Gasteiger partial charge in [-0.25, -0.2) is 0 Å². The number of hydrogen-bond acceptors (Lipinski definition) is 3. The van der Waals surface area contributed by atoms with Crippen LogP contribution in [0.25, 0.3) is 6.08 Å². The first kappa shape index (κ1) is 9.74. The summed E-state index contributed by atoms with van der Waals surface area (Å²) in [5, 5.41) is 9.35. The van der Waals surface area contributed by atoms with E-state index >= 15 is 0 Å². The molecule has 0 aromatic carbocycles. The largest absolute Gasteiger partial charge is 0.507 e. The molecule has 0 spiro atoms. The van der Waals surface area contributed by atoms with Crippen molar-refractivity contribution in [1.29, 1.82) is 0 Å². The Balaban J connectivity index is 2.63. The number of nitrogens with two attached hydrogens (primary N) is 1. The highest BCUT2D eigenvalue weighted by atomic mass is 16.3. The summed E-state index contributed by atoms with van der Waals surface area (Å²) in [5.74, 6) is 0.246. The first-order valence-electron chi connectivity index (χ1n) is 4.25. The van der Waals surface area contributed by atoms with Crippen molar-refractivity contribution in [1.82, 2.24) is 4.98 Å². The standard InChI is InChI=1S/C10H14N2O/c1-8(11)3-2-4-9-7-12-6-5-10(9)13/h2,4-8H,3,11H2,1H3,(H,12,13). The summed E-state index contributed by atoms with van der Waals surface area (Å²) >= 11 is 0. The van der Waals surface area contributed by atoms with Gasteiger partial charge in [0.25, 0.3) is 0 Å². The molecule has 1 rings (SSSR count). The highest BCUT2D eigenvalue weighted by Crippen LogP contribution is 2.15. The van der Waals surface area contributed by atoms with Gasteiger partial charge >= 0.3 is 0 Å². The van der Waals surface area contributed by atoms with Crippen molar-refractivity contribution in [2.24, 2.45) is 5.73 Å². The van der Waals surface area contributed by atoms with Crippen molar-refractivity contribution in [2.45, 2.75) is 19.4 Å². The van der Waals surface area contributed by atoms with E-state index in [4.69, 9.17) is 5.73 Å². The highest BCUT2D eigenvalue weighted by Gasteiger charge is 1.94. The molecule has 0 radical (unpaired) electrons. The Labute approximate surface area is 77.9 Å². The van der Waals surface area contributed by atoms with Crippen LogP contribution in [0.1, 0.15) is 18.9 Å². The molecule has 13 heavy (non-hydrogen) atoms. The molecule has 1 unspecified atom stereocenters. The van der Waals surface area contributed by atoms with E-state index in [9.17, 15) is 5.11 Å². The molecule has 0 aliphatic carbocycles. The Kier molecular flexibility index (Phi) is 3.46. The van der Waals surface area contributed by atoms with Gasteiger partial charge in [0.05, 0.1) is 0 Å². The van der Waals surface area contributed by atoms with E-state index < -0.39 is 0 Å². The molecule has 0 bridgehead atoms. The smallest absolute Gasteiger partial charge is 0.125 e. The van der Waals surface area contributed by atoms with Gasteiger partial charge in [-0.1, -0.05) is 12.2 Å². The van der Waals surface area contributed by atoms with Crippen LogP contribution < -0.4 is 5.73 Å². The summed E-state index contributed by atoms with van der Waals surface area (Å²) < 4.78 is 0. The second kappa shape index (κ2) is 4.62. The normalized spacial score (nSPS) is 13.4. The molecule has 3 heteroatoms. The molecule has 0 saturated heterocycles.